The monoisotopic (exact) mass is 360 g/mol. The van der Waals surface area contributed by atoms with Crippen molar-refractivity contribution >= 4 is 0 Å². The van der Waals surface area contributed by atoms with Gasteiger partial charge in [-0.05, 0) is 49.7 Å². The van der Waals surface area contributed by atoms with Crippen LogP contribution in [0.4, 0.5) is 0 Å². The van der Waals surface area contributed by atoms with Crippen molar-refractivity contribution in [1.29, 1.82) is 0 Å². The van der Waals surface area contributed by atoms with Gasteiger partial charge in [0, 0.05) is 0 Å². The van der Waals surface area contributed by atoms with E-state index in [1.165, 1.54) is 4.68 Å². The molecule has 0 aliphatic heterocycles. The van der Waals surface area contributed by atoms with Crippen LogP contribution >= 0.6 is 0 Å². The fraction of sp³-hybridized carbons (Fsp3) is 0.143. The molecule has 27 heavy (non-hydrogen) atoms. The number of rotatable bonds is 4. The van der Waals surface area contributed by atoms with Crippen molar-refractivity contribution in [2.75, 3.05) is 0 Å². The first-order valence-corrected chi connectivity index (χ1v) is 8.69. The molecule has 0 unspecified atom stereocenters. The Bertz CT molecular complexity index is 1100. The molecule has 0 aliphatic rings. The zero-order chi connectivity index (χ0) is 19.0. The number of benzene rings is 2. The molecule has 0 bridgehead atoms. The molecule has 2 N–H and O–H groups in total. The smallest absolute Gasteiger partial charge is 0.224 e. The van der Waals surface area contributed by atoms with Gasteiger partial charge in [-0.25, -0.2) is 4.68 Å². The van der Waals surface area contributed by atoms with E-state index in [0.29, 0.717) is 17.8 Å². The number of aromatic nitrogens is 4. The van der Waals surface area contributed by atoms with E-state index in [0.717, 1.165) is 22.6 Å². The molecule has 0 aliphatic carbocycles. The average molecular weight is 360 g/mol. The molecule has 2 heterocycles. The minimum atomic E-state index is 0.0794. The number of hydrogen-bond acceptors (Lipinski definition) is 4. The highest BCUT2D eigenvalue weighted by atomic mass is 16.3. The van der Waals surface area contributed by atoms with Gasteiger partial charge < -0.3 is 10.2 Å². The molecular weight excluding hydrogens is 340 g/mol. The lowest BCUT2D eigenvalue weighted by atomic mass is 10.1. The lowest BCUT2D eigenvalue weighted by Gasteiger charge is -2.08. The number of aryl methyl sites for hydroxylation is 2. The van der Waals surface area contributed by atoms with E-state index in [2.05, 4.69) is 10.2 Å². The molecule has 0 fully saturated rings. The van der Waals surface area contributed by atoms with Gasteiger partial charge in [0.25, 0.3) is 0 Å². The first kappa shape index (κ1) is 16.9. The van der Waals surface area contributed by atoms with Crippen molar-refractivity contribution in [3.63, 3.8) is 0 Å². The van der Waals surface area contributed by atoms with Crippen molar-refractivity contribution in [2.24, 2.45) is 0 Å². The van der Waals surface area contributed by atoms with Gasteiger partial charge in [-0.2, -0.15) is 10.2 Å². The maximum atomic E-state index is 10.9. The molecule has 4 aromatic rings. The Hall–Kier alpha value is -3.54. The van der Waals surface area contributed by atoms with Crippen LogP contribution in [-0.2, 0) is 6.54 Å². The average Bonchev–Trinajstić information content (AvgIpc) is 3.14. The summed E-state index contributed by atoms with van der Waals surface area (Å²) in [5.74, 6) is 0.296. The van der Waals surface area contributed by atoms with Crippen molar-refractivity contribution in [3.05, 3.63) is 77.6 Å². The third-order valence-electron chi connectivity index (χ3n) is 4.44. The first-order chi connectivity index (χ1) is 13.0. The highest BCUT2D eigenvalue weighted by molar-refractivity contribution is 5.69. The molecule has 2 aromatic carbocycles. The molecule has 0 amide bonds. The minimum Gasteiger partial charge on any atom is -0.508 e. The van der Waals surface area contributed by atoms with Crippen LogP contribution in [0.25, 0.3) is 16.9 Å². The lowest BCUT2D eigenvalue weighted by molar-refractivity contribution is 0.434. The Morgan fingerprint density at radius 3 is 2.41 bits per heavy atom. The second-order valence-electron chi connectivity index (χ2n) is 6.53. The van der Waals surface area contributed by atoms with Crippen LogP contribution in [0, 0.1) is 13.8 Å². The van der Waals surface area contributed by atoms with Crippen molar-refractivity contribution in [1.82, 2.24) is 19.6 Å². The van der Waals surface area contributed by atoms with Crippen LogP contribution in [0.3, 0.4) is 0 Å². The summed E-state index contributed by atoms with van der Waals surface area (Å²) >= 11 is 0. The van der Waals surface area contributed by atoms with Gasteiger partial charge in [0.2, 0.25) is 5.88 Å². The van der Waals surface area contributed by atoms with E-state index in [-0.39, 0.29) is 11.6 Å². The van der Waals surface area contributed by atoms with E-state index < -0.39 is 0 Å². The summed E-state index contributed by atoms with van der Waals surface area (Å²) in [7, 11) is 0. The number of hydrogen-bond donors (Lipinski definition) is 2. The molecule has 0 saturated carbocycles. The Morgan fingerprint density at radius 2 is 1.67 bits per heavy atom. The summed E-state index contributed by atoms with van der Waals surface area (Å²) in [5.41, 5.74) is 4.71. The Labute approximate surface area is 157 Å². The van der Waals surface area contributed by atoms with Crippen LogP contribution in [0.2, 0.25) is 0 Å². The van der Waals surface area contributed by atoms with Gasteiger partial charge in [-0.15, -0.1) is 0 Å². The van der Waals surface area contributed by atoms with E-state index in [9.17, 15) is 10.2 Å². The largest absolute Gasteiger partial charge is 0.508 e. The van der Waals surface area contributed by atoms with E-state index in [4.69, 9.17) is 0 Å². The second kappa shape index (κ2) is 6.64. The fourth-order valence-corrected chi connectivity index (χ4v) is 3.26. The van der Waals surface area contributed by atoms with Gasteiger partial charge in [-0.3, -0.25) is 4.68 Å². The normalized spacial score (nSPS) is 11.0. The predicted octanol–water partition coefficient (Wildman–Crippen LogP) is 3.81. The summed E-state index contributed by atoms with van der Waals surface area (Å²) in [6.07, 6.45) is 0. The SMILES string of the molecule is Cc1cc(-c2c(C)nn(-c3ccccc3)c2O)n(Cc2cccc(O)c2)n1. The Morgan fingerprint density at radius 1 is 0.889 bits per heavy atom. The lowest BCUT2D eigenvalue weighted by Crippen LogP contribution is -2.04. The summed E-state index contributed by atoms with van der Waals surface area (Å²) in [4.78, 5) is 0. The van der Waals surface area contributed by atoms with Gasteiger partial charge in [0.05, 0.1) is 34.9 Å². The van der Waals surface area contributed by atoms with E-state index >= 15 is 0 Å². The van der Waals surface area contributed by atoms with Gasteiger partial charge >= 0.3 is 0 Å². The standard InChI is InChI=1S/C21H20N4O2/c1-14-11-19(24(22-14)13-16-7-6-10-18(26)12-16)20-15(2)23-25(21(20)27)17-8-4-3-5-9-17/h3-12,26-27H,13H2,1-2H3. The Balaban J connectivity index is 1.80. The third kappa shape index (κ3) is 3.17. The van der Waals surface area contributed by atoms with E-state index in [1.807, 2.05) is 61.0 Å². The Kier molecular flexibility index (Phi) is 4.16. The van der Waals surface area contributed by atoms with Gasteiger partial charge in [0.1, 0.15) is 5.75 Å². The maximum absolute atomic E-state index is 10.9. The van der Waals surface area contributed by atoms with Gasteiger partial charge in [-0.1, -0.05) is 30.3 Å². The minimum absolute atomic E-state index is 0.0794. The quantitative estimate of drug-likeness (QED) is 0.580. The van der Waals surface area contributed by atoms with Crippen LogP contribution in [0.15, 0.2) is 60.7 Å². The van der Waals surface area contributed by atoms with Crippen LogP contribution in [0.5, 0.6) is 11.6 Å². The van der Waals surface area contributed by atoms with E-state index in [1.54, 1.807) is 18.2 Å². The zero-order valence-corrected chi connectivity index (χ0v) is 15.2. The van der Waals surface area contributed by atoms with Gasteiger partial charge in [0.15, 0.2) is 0 Å². The summed E-state index contributed by atoms with van der Waals surface area (Å²) in [5, 5.41) is 29.7. The highest BCUT2D eigenvalue weighted by Crippen LogP contribution is 2.35. The summed E-state index contributed by atoms with van der Waals surface area (Å²) in [6, 6.07) is 18.5. The zero-order valence-electron chi connectivity index (χ0n) is 15.2. The number of phenols is 1. The topological polar surface area (TPSA) is 76.1 Å². The maximum Gasteiger partial charge on any atom is 0.224 e. The highest BCUT2D eigenvalue weighted by Gasteiger charge is 2.21. The molecule has 4 rings (SSSR count). The number of phenolic OH excluding ortho intramolecular Hbond substituents is 1. The second-order valence-corrected chi connectivity index (χ2v) is 6.53. The van der Waals surface area contributed by atoms with Crippen LogP contribution in [0.1, 0.15) is 17.0 Å². The molecule has 0 radical (unpaired) electrons. The van der Waals surface area contributed by atoms with Crippen LogP contribution in [-0.4, -0.2) is 29.8 Å². The summed E-state index contributed by atoms with van der Waals surface area (Å²) < 4.78 is 3.36. The van der Waals surface area contributed by atoms with Crippen molar-refractivity contribution in [3.8, 4) is 28.6 Å². The predicted molar refractivity (Wildman–Crippen MR) is 103 cm³/mol. The molecule has 0 spiro atoms. The number of aromatic hydroxyl groups is 2. The number of para-hydroxylation sites is 1. The summed E-state index contributed by atoms with van der Waals surface area (Å²) in [6.45, 7) is 4.26. The third-order valence-corrected chi connectivity index (χ3v) is 4.44. The first-order valence-electron chi connectivity index (χ1n) is 8.69. The molecular formula is C21H20N4O2. The molecule has 6 heteroatoms. The molecule has 6 nitrogen and oxygen atoms in total. The number of nitrogens with zero attached hydrogens (tertiary/aromatic N) is 4. The van der Waals surface area contributed by atoms with Crippen molar-refractivity contribution < 1.29 is 10.2 Å². The molecule has 136 valence electrons. The fourth-order valence-electron chi connectivity index (χ4n) is 3.26. The molecule has 0 saturated heterocycles. The molecule has 0 atom stereocenters. The van der Waals surface area contributed by atoms with Crippen LogP contribution < -0.4 is 0 Å². The molecule has 2 aromatic heterocycles. The van der Waals surface area contributed by atoms with Crippen molar-refractivity contribution in [2.45, 2.75) is 20.4 Å².